The zero-order valence-electron chi connectivity index (χ0n) is 12.9. The zero-order chi connectivity index (χ0) is 14.5. The topological polar surface area (TPSA) is 38.3 Å². The minimum Gasteiger partial charge on any atom is -0.475 e. The van der Waals surface area contributed by atoms with Crippen LogP contribution in [0.4, 0.5) is 0 Å². The second-order valence-electron chi connectivity index (χ2n) is 5.85. The first kappa shape index (κ1) is 15.4. The van der Waals surface area contributed by atoms with Gasteiger partial charge >= 0.3 is 0 Å². The van der Waals surface area contributed by atoms with Crippen LogP contribution in [0.25, 0.3) is 5.57 Å². The van der Waals surface area contributed by atoms with Gasteiger partial charge in [-0.25, -0.2) is 0 Å². The summed E-state index contributed by atoms with van der Waals surface area (Å²) in [6, 6.07) is 0. The maximum absolute atomic E-state index is 5.93. The highest BCUT2D eigenvalue weighted by Crippen LogP contribution is 2.27. The van der Waals surface area contributed by atoms with Crippen LogP contribution < -0.4 is 4.74 Å². The molecular formula is C15H25N3OS. The van der Waals surface area contributed by atoms with Gasteiger partial charge in [0, 0.05) is 13.1 Å². The molecule has 4 nitrogen and oxygen atoms in total. The lowest BCUT2D eigenvalue weighted by molar-refractivity contribution is 0.207. The molecule has 0 radical (unpaired) electrons. The van der Waals surface area contributed by atoms with Gasteiger partial charge in [-0.2, -0.15) is 4.37 Å². The average Bonchev–Trinajstić information content (AvgIpc) is 2.92. The molecule has 2 atom stereocenters. The summed E-state index contributed by atoms with van der Waals surface area (Å²) >= 11 is 1.24. The summed E-state index contributed by atoms with van der Waals surface area (Å²) in [5, 5.41) is 0. The van der Waals surface area contributed by atoms with Crippen molar-refractivity contribution in [1.82, 2.24) is 13.6 Å². The number of likely N-dealkylation sites (N-methyl/N-ethyl adjacent to an activating group) is 1. The monoisotopic (exact) mass is 295 g/mol. The highest BCUT2D eigenvalue weighted by Gasteiger charge is 2.19. The second kappa shape index (κ2) is 7.18. The van der Waals surface area contributed by atoms with Crippen LogP contribution in [0.2, 0.25) is 0 Å². The lowest BCUT2D eigenvalue weighted by Gasteiger charge is -2.22. The van der Waals surface area contributed by atoms with E-state index in [-0.39, 0.29) is 0 Å². The molecule has 20 heavy (non-hydrogen) atoms. The number of rotatable bonds is 6. The van der Waals surface area contributed by atoms with E-state index in [2.05, 4.69) is 47.5 Å². The Bertz CT molecular complexity index is 458. The van der Waals surface area contributed by atoms with Gasteiger partial charge in [-0.15, -0.1) is 4.37 Å². The van der Waals surface area contributed by atoms with Crippen molar-refractivity contribution in [3.8, 4) is 5.88 Å². The van der Waals surface area contributed by atoms with Crippen molar-refractivity contribution in [3.63, 3.8) is 0 Å². The minimum atomic E-state index is 0.539. The van der Waals surface area contributed by atoms with Gasteiger partial charge in [-0.3, -0.25) is 0 Å². The molecule has 2 unspecified atom stereocenters. The van der Waals surface area contributed by atoms with Gasteiger partial charge in [0.25, 0.3) is 5.88 Å². The van der Waals surface area contributed by atoms with Gasteiger partial charge in [0.2, 0.25) is 0 Å². The molecule has 0 amide bonds. The smallest absolute Gasteiger partial charge is 0.253 e. The van der Waals surface area contributed by atoms with Crippen molar-refractivity contribution in [2.45, 2.75) is 33.6 Å². The standard InChI is InChI=1S/C15H25N3OS/c1-5-11(2)12(3)10-19-15-14(16-20-17-15)13-7-6-8-18(4)9-13/h7,11-12H,5-6,8-10H2,1-4H3. The van der Waals surface area contributed by atoms with E-state index in [9.17, 15) is 0 Å². The van der Waals surface area contributed by atoms with Crippen molar-refractivity contribution in [1.29, 1.82) is 0 Å². The quantitative estimate of drug-likeness (QED) is 0.807. The first-order chi connectivity index (χ1) is 9.61. The SMILES string of the molecule is CCC(C)C(C)COc1nsnc1C1=CCCN(C)C1. The molecule has 0 bridgehead atoms. The normalized spacial score (nSPS) is 19.5. The van der Waals surface area contributed by atoms with E-state index < -0.39 is 0 Å². The molecule has 0 aromatic carbocycles. The fourth-order valence-corrected chi connectivity index (χ4v) is 2.84. The summed E-state index contributed by atoms with van der Waals surface area (Å²) < 4.78 is 14.7. The molecule has 5 heteroatoms. The molecule has 1 aliphatic rings. The summed E-state index contributed by atoms with van der Waals surface area (Å²) in [7, 11) is 2.14. The van der Waals surface area contributed by atoms with E-state index in [0.717, 1.165) is 31.8 Å². The lowest BCUT2D eigenvalue weighted by atomic mass is 9.94. The molecule has 0 saturated carbocycles. The molecule has 0 fully saturated rings. The van der Waals surface area contributed by atoms with Crippen LogP contribution in [0, 0.1) is 11.8 Å². The van der Waals surface area contributed by atoms with Crippen LogP contribution in [-0.4, -0.2) is 40.4 Å². The molecule has 0 N–H and O–H groups in total. The van der Waals surface area contributed by atoms with Crippen molar-refractivity contribution in [2.24, 2.45) is 11.8 Å². The Labute approximate surface area is 126 Å². The Morgan fingerprint density at radius 1 is 1.35 bits per heavy atom. The maximum Gasteiger partial charge on any atom is 0.253 e. The van der Waals surface area contributed by atoms with E-state index in [1.807, 2.05) is 0 Å². The third kappa shape index (κ3) is 3.79. The molecule has 0 spiro atoms. The average molecular weight is 295 g/mol. The molecule has 2 heterocycles. The maximum atomic E-state index is 5.93. The van der Waals surface area contributed by atoms with Crippen molar-refractivity contribution in [2.75, 3.05) is 26.7 Å². The number of hydrogen-bond donors (Lipinski definition) is 0. The number of aromatic nitrogens is 2. The summed E-state index contributed by atoms with van der Waals surface area (Å²) in [5.41, 5.74) is 2.19. The first-order valence-corrected chi connectivity index (χ1v) is 8.18. The van der Waals surface area contributed by atoms with Crippen LogP contribution >= 0.6 is 11.7 Å². The summed E-state index contributed by atoms with van der Waals surface area (Å²) in [6.07, 6.45) is 4.52. The van der Waals surface area contributed by atoms with Gasteiger partial charge < -0.3 is 9.64 Å². The van der Waals surface area contributed by atoms with Crippen molar-refractivity contribution < 1.29 is 4.74 Å². The van der Waals surface area contributed by atoms with E-state index in [0.29, 0.717) is 17.7 Å². The molecule has 1 aromatic rings. The van der Waals surface area contributed by atoms with E-state index in [1.54, 1.807) is 0 Å². The molecule has 2 rings (SSSR count). The Morgan fingerprint density at radius 3 is 2.85 bits per heavy atom. The van der Waals surface area contributed by atoms with Crippen LogP contribution in [0.1, 0.15) is 39.3 Å². The predicted molar refractivity (Wildman–Crippen MR) is 84.1 cm³/mol. The van der Waals surface area contributed by atoms with Crippen molar-refractivity contribution >= 4 is 17.3 Å². The van der Waals surface area contributed by atoms with Crippen LogP contribution in [0.3, 0.4) is 0 Å². The Morgan fingerprint density at radius 2 is 2.15 bits per heavy atom. The van der Waals surface area contributed by atoms with Crippen LogP contribution in [0.5, 0.6) is 5.88 Å². The third-order valence-electron chi connectivity index (χ3n) is 4.20. The molecule has 0 aliphatic carbocycles. The zero-order valence-corrected chi connectivity index (χ0v) is 13.7. The number of hydrogen-bond acceptors (Lipinski definition) is 5. The van der Waals surface area contributed by atoms with Gasteiger partial charge in [-0.05, 0) is 30.9 Å². The molecule has 1 aromatic heterocycles. The van der Waals surface area contributed by atoms with Crippen molar-refractivity contribution in [3.05, 3.63) is 11.8 Å². The second-order valence-corrected chi connectivity index (χ2v) is 6.38. The largest absolute Gasteiger partial charge is 0.475 e. The van der Waals surface area contributed by atoms with E-state index >= 15 is 0 Å². The van der Waals surface area contributed by atoms with Crippen LogP contribution in [0.15, 0.2) is 6.08 Å². The Balaban J connectivity index is 2.00. The van der Waals surface area contributed by atoms with E-state index in [4.69, 9.17) is 4.74 Å². The molecular weight excluding hydrogens is 270 g/mol. The van der Waals surface area contributed by atoms with Gasteiger partial charge in [-0.1, -0.05) is 33.3 Å². The summed E-state index contributed by atoms with van der Waals surface area (Å²) in [4.78, 5) is 2.31. The number of nitrogens with zero attached hydrogens (tertiary/aromatic N) is 3. The molecule has 0 saturated heterocycles. The summed E-state index contributed by atoms with van der Waals surface area (Å²) in [5.74, 6) is 1.93. The van der Waals surface area contributed by atoms with E-state index in [1.165, 1.54) is 23.7 Å². The molecule has 1 aliphatic heterocycles. The summed E-state index contributed by atoms with van der Waals surface area (Å²) in [6.45, 7) is 9.50. The first-order valence-electron chi connectivity index (χ1n) is 7.45. The minimum absolute atomic E-state index is 0.539. The lowest BCUT2D eigenvalue weighted by Crippen LogP contribution is -2.25. The van der Waals surface area contributed by atoms with Gasteiger partial charge in [0.1, 0.15) is 5.69 Å². The van der Waals surface area contributed by atoms with Crippen LogP contribution in [-0.2, 0) is 0 Å². The fourth-order valence-electron chi connectivity index (χ4n) is 2.31. The fraction of sp³-hybridized carbons (Fsp3) is 0.733. The highest BCUT2D eigenvalue weighted by atomic mass is 32.1. The number of ether oxygens (including phenoxy) is 1. The highest BCUT2D eigenvalue weighted by molar-refractivity contribution is 6.99. The molecule has 112 valence electrons. The van der Waals surface area contributed by atoms with Gasteiger partial charge in [0.05, 0.1) is 18.3 Å². The third-order valence-corrected chi connectivity index (χ3v) is 4.71. The Hall–Kier alpha value is -0.940. The van der Waals surface area contributed by atoms with Gasteiger partial charge in [0.15, 0.2) is 0 Å². The Kier molecular flexibility index (Phi) is 5.54. The predicted octanol–water partition coefficient (Wildman–Crippen LogP) is 3.32.